The zero-order valence-electron chi connectivity index (χ0n) is 10.1. The summed E-state index contributed by atoms with van der Waals surface area (Å²) in [7, 11) is 3.28. The van der Waals surface area contributed by atoms with Gasteiger partial charge < -0.3 is 20.9 Å². The number of methoxy groups -OCH3 is 1. The number of aliphatic hydroxyl groups is 1. The molecular weight excluding hydrogens is 223 g/mol. The molecule has 0 aliphatic heterocycles. The van der Waals surface area contributed by atoms with Gasteiger partial charge in [0.2, 0.25) is 0 Å². The fraction of sp³-hybridized carbons (Fsp3) is 0.500. The third-order valence-electron chi connectivity index (χ3n) is 2.64. The fourth-order valence-corrected chi connectivity index (χ4v) is 1.64. The van der Waals surface area contributed by atoms with Crippen LogP contribution in [0.5, 0.6) is 5.75 Å². The van der Waals surface area contributed by atoms with Gasteiger partial charge in [-0.15, -0.1) is 0 Å². The van der Waals surface area contributed by atoms with Crippen molar-refractivity contribution in [2.24, 2.45) is 5.73 Å². The summed E-state index contributed by atoms with van der Waals surface area (Å²) in [5, 5.41) is 13.0. The lowest BCUT2D eigenvalue weighted by Gasteiger charge is -2.21. The molecule has 0 bridgehead atoms. The Bertz CT molecular complexity index is 360. The first-order valence-electron chi connectivity index (χ1n) is 5.51. The second-order valence-electron chi connectivity index (χ2n) is 3.89. The van der Waals surface area contributed by atoms with Crippen molar-refractivity contribution in [2.45, 2.75) is 18.6 Å². The Morgan fingerprint density at radius 3 is 2.82 bits per heavy atom. The highest BCUT2D eigenvalue weighted by molar-refractivity contribution is 5.36. The number of aliphatic hydroxyl groups excluding tert-OH is 1. The largest absolute Gasteiger partial charge is 0.496 e. The van der Waals surface area contributed by atoms with E-state index in [4.69, 9.17) is 10.5 Å². The Morgan fingerprint density at radius 1 is 1.53 bits per heavy atom. The molecule has 2 atom stereocenters. The molecule has 0 amide bonds. The summed E-state index contributed by atoms with van der Waals surface area (Å²) in [5.41, 5.74) is 6.23. The summed E-state index contributed by atoms with van der Waals surface area (Å²) in [6.07, 6.45) is -0.342. The van der Waals surface area contributed by atoms with Gasteiger partial charge in [0.05, 0.1) is 13.2 Å². The van der Waals surface area contributed by atoms with Crippen molar-refractivity contribution in [1.82, 2.24) is 5.32 Å². The predicted octanol–water partition coefficient (Wildman–Crippen LogP) is 0.804. The van der Waals surface area contributed by atoms with Crippen LogP contribution in [-0.2, 0) is 0 Å². The van der Waals surface area contributed by atoms with Gasteiger partial charge in [-0.3, -0.25) is 0 Å². The molecule has 0 fully saturated rings. The lowest BCUT2D eigenvalue weighted by atomic mass is 9.99. The summed E-state index contributed by atoms with van der Waals surface area (Å²) < 4.78 is 18.2. The van der Waals surface area contributed by atoms with Gasteiger partial charge in [-0.25, -0.2) is 4.39 Å². The number of halogens is 1. The molecule has 1 aromatic rings. The molecule has 2 unspecified atom stereocenters. The number of hydrogen-bond donors (Lipinski definition) is 3. The summed E-state index contributed by atoms with van der Waals surface area (Å²) in [4.78, 5) is 0. The number of nitrogens with one attached hydrogen (secondary N) is 1. The maximum absolute atomic E-state index is 13.1. The molecule has 1 rings (SSSR count). The maximum Gasteiger partial charge on any atom is 0.124 e. The average Bonchev–Trinajstić information content (AvgIpc) is 2.34. The second kappa shape index (κ2) is 6.54. The lowest BCUT2D eigenvalue weighted by molar-refractivity contribution is 0.138. The third kappa shape index (κ3) is 3.66. The molecule has 0 aliphatic rings. The molecule has 0 saturated carbocycles. The summed E-state index contributed by atoms with van der Waals surface area (Å²) in [6, 6.07) is 3.56. The molecule has 0 heterocycles. The van der Waals surface area contributed by atoms with E-state index in [1.165, 1.54) is 25.3 Å². The molecule has 17 heavy (non-hydrogen) atoms. The zero-order chi connectivity index (χ0) is 12.8. The number of hydrogen-bond acceptors (Lipinski definition) is 4. The van der Waals surface area contributed by atoms with Gasteiger partial charge in [0.25, 0.3) is 0 Å². The van der Waals surface area contributed by atoms with Crippen molar-refractivity contribution in [3.05, 3.63) is 29.6 Å². The second-order valence-corrected chi connectivity index (χ2v) is 3.89. The highest BCUT2D eigenvalue weighted by atomic mass is 19.1. The van der Waals surface area contributed by atoms with Crippen molar-refractivity contribution in [3.63, 3.8) is 0 Å². The highest BCUT2D eigenvalue weighted by Crippen LogP contribution is 2.28. The van der Waals surface area contributed by atoms with Crippen LogP contribution in [-0.4, -0.2) is 31.9 Å². The van der Waals surface area contributed by atoms with Crippen molar-refractivity contribution in [2.75, 3.05) is 20.7 Å². The van der Waals surface area contributed by atoms with Gasteiger partial charge in [0.15, 0.2) is 0 Å². The van der Waals surface area contributed by atoms with Crippen molar-refractivity contribution >= 4 is 0 Å². The molecule has 0 radical (unpaired) electrons. The predicted molar refractivity (Wildman–Crippen MR) is 64.4 cm³/mol. The number of nitrogens with two attached hydrogens (primary N) is 1. The third-order valence-corrected chi connectivity index (χ3v) is 2.64. The first kappa shape index (κ1) is 13.9. The van der Waals surface area contributed by atoms with Gasteiger partial charge >= 0.3 is 0 Å². The summed E-state index contributed by atoms with van der Waals surface area (Å²) in [6.45, 7) is 0.690. The minimum atomic E-state index is -0.936. The SMILES string of the molecule is CNCCC(N)C(O)c1cc(F)ccc1OC. The zero-order valence-corrected chi connectivity index (χ0v) is 10.1. The lowest BCUT2D eigenvalue weighted by Crippen LogP contribution is -2.31. The monoisotopic (exact) mass is 242 g/mol. The molecule has 96 valence electrons. The van der Waals surface area contributed by atoms with Gasteiger partial charge in [0, 0.05) is 11.6 Å². The number of benzene rings is 1. The van der Waals surface area contributed by atoms with Crippen molar-refractivity contribution in [3.8, 4) is 5.75 Å². The Morgan fingerprint density at radius 2 is 2.24 bits per heavy atom. The highest BCUT2D eigenvalue weighted by Gasteiger charge is 2.20. The molecule has 1 aromatic carbocycles. The molecular formula is C12H19FN2O2. The molecule has 4 N–H and O–H groups in total. The topological polar surface area (TPSA) is 67.5 Å². The van der Waals surface area contributed by atoms with Gasteiger partial charge in [-0.1, -0.05) is 0 Å². The summed E-state index contributed by atoms with van der Waals surface area (Å²) in [5.74, 6) is 0.0273. The van der Waals surface area contributed by atoms with Crippen LogP contribution in [0, 0.1) is 5.82 Å². The normalized spacial score (nSPS) is 14.4. The van der Waals surface area contributed by atoms with Gasteiger partial charge in [-0.05, 0) is 38.2 Å². The van der Waals surface area contributed by atoms with Gasteiger partial charge in [0.1, 0.15) is 11.6 Å². The maximum atomic E-state index is 13.1. The van der Waals surface area contributed by atoms with E-state index < -0.39 is 18.0 Å². The standard InChI is InChI=1S/C12H19FN2O2/c1-15-6-5-10(14)12(16)9-7-8(13)3-4-11(9)17-2/h3-4,7,10,12,15-16H,5-6,14H2,1-2H3. The van der Waals surface area contributed by atoms with Crippen LogP contribution in [0.1, 0.15) is 18.1 Å². The van der Waals surface area contributed by atoms with E-state index in [0.29, 0.717) is 24.3 Å². The Labute approximate surface area is 101 Å². The van der Waals surface area contributed by atoms with Crippen LogP contribution in [0.15, 0.2) is 18.2 Å². The number of rotatable bonds is 6. The Hall–Kier alpha value is -1.17. The van der Waals surface area contributed by atoms with Crippen LogP contribution in [0.3, 0.4) is 0 Å². The van der Waals surface area contributed by atoms with Crippen molar-refractivity contribution < 1.29 is 14.2 Å². The van der Waals surface area contributed by atoms with Crippen LogP contribution < -0.4 is 15.8 Å². The molecule has 0 aromatic heterocycles. The van der Waals surface area contributed by atoms with E-state index in [-0.39, 0.29) is 0 Å². The van der Waals surface area contributed by atoms with Crippen molar-refractivity contribution in [1.29, 1.82) is 0 Å². The average molecular weight is 242 g/mol. The minimum Gasteiger partial charge on any atom is -0.496 e. The van der Waals surface area contributed by atoms with E-state index in [9.17, 15) is 9.50 Å². The van der Waals surface area contributed by atoms with E-state index >= 15 is 0 Å². The first-order chi connectivity index (χ1) is 8.10. The fourth-order valence-electron chi connectivity index (χ4n) is 1.64. The molecule has 5 heteroatoms. The van der Waals surface area contributed by atoms with E-state index in [0.717, 1.165) is 0 Å². The van der Waals surface area contributed by atoms with Crippen LogP contribution in [0.2, 0.25) is 0 Å². The summed E-state index contributed by atoms with van der Waals surface area (Å²) >= 11 is 0. The van der Waals surface area contributed by atoms with Crippen LogP contribution in [0.25, 0.3) is 0 Å². The van der Waals surface area contributed by atoms with Crippen LogP contribution >= 0.6 is 0 Å². The molecule has 4 nitrogen and oxygen atoms in total. The van der Waals surface area contributed by atoms with E-state index in [1.807, 2.05) is 7.05 Å². The van der Waals surface area contributed by atoms with E-state index in [2.05, 4.69) is 5.32 Å². The Balaban J connectivity index is 2.86. The number of ether oxygens (including phenoxy) is 1. The van der Waals surface area contributed by atoms with Crippen LogP contribution in [0.4, 0.5) is 4.39 Å². The quantitative estimate of drug-likeness (QED) is 0.690. The minimum absolute atomic E-state index is 0.385. The molecule has 0 saturated heterocycles. The van der Waals surface area contributed by atoms with Gasteiger partial charge in [-0.2, -0.15) is 0 Å². The molecule has 0 aliphatic carbocycles. The van der Waals surface area contributed by atoms with E-state index in [1.54, 1.807) is 0 Å². The first-order valence-corrected chi connectivity index (χ1v) is 5.51. The Kier molecular flexibility index (Phi) is 5.34. The smallest absolute Gasteiger partial charge is 0.124 e. The molecule has 0 spiro atoms.